The molecular formula is C14H18N2S. The van der Waals surface area contributed by atoms with Crippen molar-refractivity contribution in [1.82, 2.24) is 4.90 Å². The first-order valence-electron chi connectivity index (χ1n) is 5.79. The maximum absolute atomic E-state index is 5.67. The van der Waals surface area contributed by atoms with E-state index < -0.39 is 0 Å². The van der Waals surface area contributed by atoms with Gasteiger partial charge in [0, 0.05) is 23.7 Å². The largest absolute Gasteiger partial charge is 0.399 e. The highest BCUT2D eigenvalue weighted by atomic mass is 32.1. The molecule has 0 saturated heterocycles. The second-order valence-electron chi connectivity index (χ2n) is 4.31. The van der Waals surface area contributed by atoms with Gasteiger partial charge in [-0.25, -0.2) is 0 Å². The minimum atomic E-state index is 0.829. The summed E-state index contributed by atoms with van der Waals surface area (Å²) in [5.74, 6) is 0. The molecule has 90 valence electrons. The van der Waals surface area contributed by atoms with Gasteiger partial charge in [0.15, 0.2) is 0 Å². The van der Waals surface area contributed by atoms with E-state index >= 15 is 0 Å². The van der Waals surface area contributed by atoms with E-state index in [4.69, 9.17) is 5.73 Å². The molecule has 0 aliphatic heterocycles. The van der Waals surface area contributed by atoms with Crippen molar-refractivity contribution < 1.29 is 0 Å². The van der Waals surface area contributed by atoms with Crippen LogP contribution in [0, 0.1) is 0 Å². The van der Waals surface area contributed by atoms with Gasteiger partial charge in [-0.1, -0.05) is 18.2 Å². The van der Waals surface area contributed by atoms with Gasteiger partial charge >= 0.3 is 0 Å². The van der Waals surface area contributed by atoms with Gasteiger partial charge in [-0.2, -0.15) is 0 Å². The van der Waals surface area contributed by atoms with Gasteiger partial charge in [-0.3, -0.25) is 0 Å². The Labute approximate surface area is 107 Å². The third-order valence-electron chi connectivity index (χ3n) is 2.75. The lowest BCUT2D eigenvalue weighted by molar-refractivity contribution is 0.332. The first-order valence-corrected chi connectivity index (χ1v) is 6.67. The third kappa shape index (κ3) is 3.88. The highest BCUT2D eigenvalue weighted by Gasteiger charge is 2.01. The zero-order valence-electron chi connectivity index (χ0n) is 10.1. The van der Waals surface area contributed by atoms with Crippen molar-refractivity contribution in [1.29, 1.82) is 0 Å². The zero-order valence-corrected chi connectivity index (χ0v) is 10.9. The van der Waals surface area contributed by atoms with E-state index in [0.717, 1.165) is 25.2 Å². The van der Waals surface area contributed by atoms with Crippen molar-refractivity contribution in [2.75, 3.05) is 19.3 Å². The molecule has 1 aromatic heterocycles. The minimum absolute atomic E-state index is 0.829. The van der Waals surface area contributed by atoms with Crippen molar-refractivity contribution >= 4 is 17.0 Å². The molecule has 0 spiro atoms. The molecule has 1 heterocycles. The Morgan fingerprint density at radius 2 is 1.94 bits per heavy atom. The third-order valence-corrected chi connectivity index (χ3v) is 3.69. The molecule has 3 heteroatoms. The molecule has 0 aliphatic carbocycles. The van der Waals surface area contributed by atoms with E-state index in [0.29, 0.717) is 0 Å². The lowest BCUT2D eigenvalue weighted by atomic mass is 10.2. The van der Waals surface area contributed by atoms with E-state index in [1.165, 1.54) is 10.4 Å². The smallest absolute Gasteiger partial charge is 0.0314 e. The summed E-state index contributed by atoms with van der Waals surface area (Å²) >= 11 is 1.83. The number of hydrogen-bond acceptors (Lipinski definition) is 3. The highest BCUT2D eigenvalue weighted by molar-refractivity contribution is 7.09. The lowest BCUT2D eigenvalue weighted by Gasteiger charge is -2.16. The molecule has 0 unspecified atom stereocenters. The van der Waals surface area contributed by atoms with Gasteiger partial charge in [-0.15, -0.1) is 11.3 Å². The predicted molar refractivity (Wildman–Crippen MR) is 75.2 cm³/mol. The van der Waals surface area contributed by atoms with E-state index in [2.05, 4.69) is 41.6 Å². The Morgan fingerprint density at radius 3 is 2.59 bits per heavy atom. The number of hydrogen-bond donors (Lipinski definition) is 1. The van der Waals surface area contributed by atoms with Crippen molar-refractivity contribution in [2.24, 2.45) is 0 Å². The van der Waals surface area contributed by atoms with Crippen molar-refractivity contribution in [3.05, 3.63) is 52.2 Å². The second-order valence-corrected chi connectivity index (χ2v) is 5.34. The number of nitrogens with two attached hydrogens (primary N) is 1. The van der Waals surface area contributed by atoms with Crippen LogP contribution in [-0.4, -0.2) is 18.5 Å². The molecule has 2 N–H and O–H groups in total. The summed E-state index contributed by atoms with van der Waals surface area (Å²) < 4.78 is 0. The van der Waals surface area contributed by atoms with Gasteiger partial charge in [0.05, 0.1) is 0 Å². The number of thiophene rings is 1. The van der Waals surface area contributed by atoms with Gasteiger partial charge < -0.3 is 10.6 Å². The van der Waals surface area contributed by atoms with Gasteiger partial charge in [-0.05, 0) is 42.6 Å². The maximum atomic E-state index is 5.67. The van der Waals surface area contributed by atoms with Gasteiger partial charge in [0.1, 0.15) is 0 Å². The summed E-state index contributed by atoms with van der Waals surface area (Å²) in [4.78, 5) is 3.79. The van der Waals surface area contributed by atoms with Crippen LogP contribution in [0.15, 0.2) is 41.8 Å². The van der Waals surface area contributed by atoms with Gasteiger partial charge in [0.2, 0.25) is 0 Å². The Hall–Kier alpha value is -1.32. The fourth-order valence-electron chi connectivity index (χ4n) is 1.77. The molecule has 2 nitrogen and oxygen atoms in total. The minimum Gasteiger partial charge on any atom is -0.399 e. The Balaban J connectivity index is 1.80. The number of nitrogens with zero attached hydrogens (tertiary/aromatic N) is 1. The summed E-state index contributed by atoms with van der Waals surface area (Å²) in [7, 11) is 2.16. The second kappa shape index (κ2) is 5.84. The molecule has 0 amide bonds. The number of nitrogen functional groups attached to an aromatic ring is 1. The van der Waals surface area contributed by atoms with E-state index in [-0.39, 0.29) is 0 Å². The molecule has 0 radical (unpaired) electrons. The van der Waals surface area contributed by atoms with E-state index in [1.54, 1.807) is 0 Å². The Morgan fingerprint density at radius 1 is 1.18 bits per heavy atom. The normalized spacial score (nSPS) is 10.9. The van der Waals surface area contributed by atoms with Crippen molar-refractivity contribution in [3.63, 3.8) is 0 Å². The summed E-state index contributed by atoms with van der Waals surface area (Å²) in [6.07, 6.45) is 1.13. The molecule has 2 aromatic rings. The summed E-state index contributed by atoms with van der Waals surface area (Å²) in [6, 6.07) is 12.4. The number of anilines is 1. The molecule has 0 atom stereocenters. The highest BCUT2D eigenvalue weighted by Crippen LogP contribution is 2.11. The van der Waals surface area contributed by atoms with Crippen LogP contribution in [0.25, 0.3) is 0 Å². The first kappa shape index (κ1) is 12.1. The number of likely N-dealkylation sites (N-methyl/N-ethyl adjacent to an activating group) is 1. The summed E-state index contributed by atoms with van der Waals surface area (Å²) in [5, 5.41) is 2.13. The number of benzene rings is 1. The Kier molecular flexibility index (Phi) is 4.18. The Bertz CT molecular complexity index is 434. The zero-order chi connectivity index (χ0) is 12.1. The van der Waals surface area contributed by atoms with E-state index in [1.807, 2.05) is 23.5 Å². The topological polar surface area (TPSA) is 29.3 Å². The van der Waals surface area contributed by atoms with Crippen LogP contribution in [0.1, 0.15) is 10.4 Å². The molecular weight excluding hydrogens is 228 g/mol. The van der Waals surface area contributed by atoms with Crippen molar-refractivity contribution in [3.8, 4) is 0 Å². The average molecular weight is 246 g/mol. The first-order chi connectivity index (χ1) is 8.24. The summed E-state index contributed by atoms with van der Waals surface area (Å²) in [5.41, 5.74) is 7.81. The van der Waals surface area contributed by atoms with Crippen LogP contribution >= 0.6 is 11.3 Å². The van der Waals surface area contributed by atoms with Gasteiger partial charge in [0.25, 0.3) is 0 Å². The SMILES string of the molecule is CN(CCc1cccs1)Cc1ccc(N)cc1. The molecule has 0 bridgehead atoms. The average Bonchev–Trinajstić information content (AvgIpc) is 2.83. The summed E-state index contributed by atoms with van der Waals surface area (Å²) in [6.45, 7) is 2.07. The van der Waals surface area contributed by atoms with Crippen LogP contribution < -0.4 is 5.73 Å². The standard InChI is InChI=1S/C14H18N2S/c1-16(9-8-14-3-2-10-17-14)11-12-4-6-13(15)7-5-12/h2-7,10H,8-9,11,15H2,1H3. The molecule has 17 heavy (non-hydrogen) atoms. The lowest BCUT2D eigenvalue weighted by Crippen LogP contribution is -2.20. The fourth-order valence-corrected chi connectivity index (χ4v) is 2.47. The molecule has 0 fully saturated rings. The molecule has 0 saturated carbocycles. The van der Waals surface area contributed by atoms with Crippen LogP contribution in [0.4, 0.5) is 5.69 Å². The van der Waals surface area contributed by atoms with Crippen LogP contribution in [0.5, 0.6) is 0 Å². The predicted octanol–water partition coefficient (Wildman–Crippen LogP) is 3.00. The quantitative estimate of drug-likeness (QED) is 0.822. The van der Waals surface area contributed by atoms with Crippen LogP contribution in [-0.2, 0) is 13.0 Å². The fraction of sp³-hybridized carbons (Fsp3) is 0.286. The van der Waals surface area contributed by atoms with Crippen LogP contribution in [0.3, 0.4) is 0 Å². The van der Waals surface area contributed by atoms with E-state index in [9.17, 15) is 0 Å². The molecule has 2 rings (SSSR count). The monoisotopic (exact) mass is 246 g/mol. The number of rotatable bonds is 5. The van der Waals surface area contributed by atoms with Crippen LogP contribution in [0.2, 0.25) is 0 Å². The molecule has 0 aliphatic rings. The van der Waals surface area contributed by atoms with Crippen molar-refractivity contribution in [2.45, 2.75) is 13.0 Å². The maximum Gasteiger partial charge on any atom is 0.0314 e. The molecule has 1 aromatic carbocycles.